The van der Waals surface area contributed by atoms with Crippen molar-refractivity contribution >= 4 is 53.9 Å². The van der Waals surface area contributed by atoms with Crippen molar-refractivity contribution in [2.24, 2.45) is 0 Å². The van der Waals surface area contributed by atoms with Crippen molar-refractivity contribution in [2.75, 3.05) is 0 Å². The van der Waals surface area contributed by atoms with E-state index in [0.29, 0.717) is 0 Å². The molecule has 0 bridgehead atoms. The first-order valence-corrected chi connectivity index (χ1v) is 22.1. The zero-order valence-corrected chi connectivity index (χ0v) is 35.5. The fourth-order valence-corrected chi connectivity index (χ4v) is 12.1. The third-order valence-electron chi connectivity index (χ3n) is 14.8. The number of hydrogen-bond acceptors (Lipinski definition) is 0. The number of rotatable bonds is 3. The standard InChI is InChI=1S/C62H44/c1-61(2)52-30-16-15-28-50(52)57-43-21-8-6-20-42(43)51(36-54(57)61)56-47-25-12-10-23-45(47)55(46-24-11-13-26-48(46)56)38-34-32-37(33-35-38)39-29-17-31-53-58(39)59-44-22-9-5-18-40(44)41-19-7-14-27-49(41)60(59)62(53,3)4/h5-36H,1-4H3. The molecule has 0 spiro atoms. The highest BCUT2D eigenvalue weighted by atomic mass is 14.4. The molecule has 0 atom stereocenters. The van der Waals surface area contributed by atoms with Crippen LogP contribution >= 0.6 is 0 Å². The van der Waals surface area contributed by atoms with Crippen LogP contribution in [0.2, 0.25) is 0 Å². The van der Waals surface area contributed by atoms with Crippen molar-refractivity contribution in [1.82, 2.24) is 0 Å². The molecule has 0 aliphatic heterocycles. The molecule has 0 heterocycles. The third kappa shape index (κ3) is 4.62. The summed E-state index contributed by atoms with van der Waals surface area (Å²) in [6.07, 6.45) is 0. The van der Waals surface area contributed by atoms with Gasteiger partial charge >= 0.3 is 0 Å². The van der Waals surface area contributed by atoms with E-state index in [2.05, 4.69) is 222 Å². The number of benzene rings is 11. The van der Waals surface area contributed by atoms with Crippen LogP contribution in [-0.4, -0.2) is 0 Å². The minimum absolute atomic E-state index is 0.115. The second kappa shape index (κ2) is 12.6. The highest BCUT2D eigenvalue weighted by molar-refractivity contribution is 6.25. The Bertz CT molecular complexity index is 3670. The zero-order chi connectivity index (χ0) is 41.5. The van der Waals surface area contributed by atoms with E-state index < -0.39 is 0 Å². The van der Waals surface area contributed by atoms with E-state index in [4.69, 9.17) is 0 Å². The maximum Gasteiger partial charge on any atom is 0.0165 e. The molecule has 62 heavy (non-hydrogen) atoms. The van der Waals surface area contributed by atoms with Crippen LogP contribution in [0.4, 0.5) is 0 Å². The zero-order valence-electron chi connectivity index (χ0n) is 35.5. The van der Waals surface area contributed by atoms with E-state index in [1.165, 1.54) is 132 Å². The Morgan fingerprint density at radius 3 is 1.31 bits per heavy atom. The van der Waals surface area contributed by atoms with Crippen molar-refractivity contribution in [2.45, 2.75) is 38.5 Å². The molecule has 13 rings (SSSR count). The molecule has 0 radical (unpaired) electrons. The van der Waals surface area contributed by atoms with Gasteiger partial charge in [0.1, 0.15) is 0 Å². The van der Waals surface area contributed by atoms with Gasteiger partial charge in [-0.05, 0) is 138 Å². The van der Waals surface area contributed by atoms with Crippen LogP contribution in [0, 0.1) is 0 Å². The van der Waals surface area contributed by atoms with Crippen LogP contribution in [-0.2, 0) is 10.8 Å². The van der Waals surface area contributed by atoms with Crippen molar-refractivity contribution in [1.29, 1.82) is 0 Å². The van der Waals surface area contributed by atoms with E-state index in [1.54, 1.807) is 0 Å². The van der Waals surface area contributed by atoms with Gasteiger partial charge in [0.2, 0.25) is 0 Å². The summed E-state index contributed by atoms with van der Waals surface area (Å²) in [4.78, 5) is 0. The molecule has 0 saturated heterocycles. The van der Waals surface area contributed by atoms with Crippen LogP contribution in [0.3, 0.4) is 0 Å². The second-order valence-electron chi connectivity index (χ2n) is 18.7. The first-order chi connectivity index (χ1) is 30.3. The topological polar surface area (TPSA) is 0 Å². The third-order valence-corrected chi connectivity index (χ3v) is 14.8. The van der Waals surface area contributed by atoms with Crippen molar-refractivity contribution < 1.29 is 0 Å². The summed E-state index contributed by atoms with van der Waals surface area (Å²) in [5, 5.41) is 13.1. The van der Waals surface area contributed by atoms with Crippen LogP contribution in [0.25, 0.3) is 109 Å². The van der Waals surface area contributed by atoms with E-state index in [1.807, 2.05) is 0 Å². The van der Waals surface area contributed by atoms with Gasteiger partial charge in [-0.1, -0.05) is 216 Å². The molecule has 0 saturated carbocycles. The summed E-state index contributed by atoms with van der Waals surface area (Å²) in [6, 6.07) is 73.3. The first kappa shape index (κ1) is 35.5. The lowest BCUT2D eigenvalue weighted by molar-refractivity contribution is 0.661. The molecule has 0 fully saturated rings. The molecular formula is C62H44. The fourth-order valence-electron chi connectivity index (χ4n) is 12.1. The molecule has 2 aliphatic rings. The van der Waals surface area contributed by atoms with Gasteiger partial charge in [-0.25, -0.2) is 0 Å². The minimum Gasteiger partial charge on any atom is -0.0619 e. The monoisotopic (exact) mass is 788 g/mol. The average molecular weight is 789 g/mol. The van der Waals surface area contributed by atoms with E-state index >= 15 is 0 Å². The minimum atomic E-state index is -0.145. The summed E-state index contributed by atoms with van der Waals surface area (Å²) >= 11 is 0. The number of hydrogen-bond donors (Lipinski definition) is 0. The highest BCUT2D eigenvalue weighted by Crippen LogP contribution is 2.58. The van der Waals surface area contributed by atoms with E-state index in [9.17, 15) is 0 Å². The summed E-state index contributed by atoms with van der Waals surface area (Å²) in [6.45, 7) is 9.62. The normalized spacial score (nSPS) is 14.4. The predicted octanol–water partition coefficient (Wildman–Crippen LogP) is 17.1. The predicted molar refractivity (Wildman–Crippen MR) is 265 cm³/mol. The molecule has 11 aromatic carbocycles. The van der Waals surface area contributed by atoms with E-state index in [-0.39, 0.29) is 10.8 Å². The van der Waals surface area contributed by atoms with Gasteiger partial charge in [0.25, 0.3) is 0 Å². The van der Waals surface area contributed by atoms with Crippen molar-refractivity contribution in [3.8, 4) is 55.6 Å². The maximum atomic E-state index is 2.53. The quantitative estimate of drug-likeness (QED) is 0.124. The average Bonchev–Trinajstić information content (AvgIpc) is 3.71. The van der Waals surface area contributed by atoms with Gasteiger partial charge < -0.3 is 0 Å². The van der Waals surface area contributed by atoms with Crippen LogP contribution in [0.15, 0.2) is 194 Å². The van der Waals surface area contributed by atoms with Gasteiger partial charge in [0, 0.05) is 10.8 Å². The lowest BCUT2D eigenvalue weighted by Crippen LogP contribution is -2.15. The van der Waals surface area contributed by atoms with Gasteiger partial charge in [-0.3, -0.25) is 0 Å². The van der Waals surface area contributed by atoms with Gasteiger partial charge in [0.05, 0.1) is 0 Å². The van der Waals surface area contributed by atoms with Gasteiger partial charge in [0.15, 0.2) is 0 Å². The molecule has 0 unspecified atom stereocenters. The lowest BCUT2D eigenvalue weighted by Gasteiger charge is -2.24. The molecule has 0 N–H and O–H groups in total. The molecular weight excluding hydrogens is 745 g/mol. The molecule has 0 heteroatoms. The molecule has 0 aromatic heterocycles. The number of fused-ring (bicyclic) bond motifs is 15. The lowest BCUT2D eigenvalue weighted by atomic mass is 9.79. The molecule has 0 nitrogen and oxygen atoms in total. The Kier molecular flexibility index (Phi) is 7.23. The Labute approximate surface area is 362 Å². The molecule has 11 aromatic rings. The van der Waals surface area contributed by atoms with Gasteiger partial charge in [-0.2, -0.15) is 0 Å². The van der Waals surface area contributed by atoms with Crippen LogP contribution < -0.4 is 0 Å². The fraction of sp³-hybridized carbons (Fsp3) is 0.0968. The summed E-state index contributed by atoms with van der Waals surface area (Å²) in [5.74, 6) is 0. The summed E-state index contributed by atoms with van der Waals surface area (Å²) in [5.41, 5.74) is 18.5. The summed E-state index contributed by atoms with van der Waals surface area (Å²) < 4.78 is 0. The summed E-state index contributed by atoms with van der Waals surface area (Å²) in [7, 11) is 0. The molecule has 0 amide bonds. The smallest absolute Gasteiger partial charge is 0.0165 e. The first-order valence-electron chi connectivity index (χ1n) is 22.1. The Hall–Kier alpha value is -7.28. The Morgan fingerprint density at radius 1 is 0.242 bits per heavy atom. The van der Waals surface area contributed by atoms with Crippen molar-refractivity contribution in [3.05, 3.63) is 216 Å². The molecule has 2 aliphatic carbocycles. The Balaban J connectivity index is 1.02. The largest absolute Gasteiger partial charge is 0.0619 e. The van der Waals surface area contributed by atoms with Crippen molar-refractivity contribution in [3.63, 3.8) is 0 Å². The Morgan fingerprint density at radius 2 is 0.677 bits per heavy atom. The SMILES string of the molecule is CC1(C)c2ccccc2-c2c1cc(-c1c3ccccc3c(-c3ccc(-c4cccc5c4-c4c(c6ccccc6c6ccccc46)C5(C)C)cc3)c3ccccc13)c1ccccc21. The van der Waals surface area contributed by atoms with Gasteiger partial charge in [-0.15, -0.1) is 0 Å². The molecule has 292 valence electrons. The van der Waals surface area contributed by atoms with Crippen LogP contribution in [0.1, 0.15) is 49.9 Å². The second-order valence-corrected chi connectivity index (χ2v) is 18.7. The van der Waals surface area contributed by atoms with Crippen LogP contribution in [0.5, 0.6) is 0 Å². The van der Waals surface area contributed by atoms with E-state index in [0.717, 1.165) is 0 Å². The maximum absolute atomic E-state index is 2.53. The highest BCUT2D eigenvalue weighted by Gasteiger charge is 2.40.